The molecule has 5 rings (SSSR count). The molecule has 1 aliphatic heterocycles. The highest BCUT2D eigenvalue weighted by Gasteiger charge is 2.32. The van der Waals surface area contributed by atoms with Crippen molar-refractivity contribution in [2.75, 3.05) is 20.3 Å². The fraction of sp³-hybridized carbons (Fsp3) is 0.444. The van der Waals surface area contributed by atoms with E-state index < -0.39 is 5.97 Å². The Morgan fingerprint density at radius 1 is 1.18 bits per heavy atom. The van der Waals surface area contributed by atoms with Crippen LogP contribution in [0.5, 0.6) is 5.75 Å². The standard InChI is InChI=1S/C27H32N2O4/c1-3-33-20-11-13-29(24(14-20)18-6-8-19(9-7-18)27(30)31)16-23-21-10-12-28-26(21)22(17-4-5-17)15-25(23)32-2/h6-10,12,15,17,20,24,28H,3-5,11,13-14,16H2,1-2H3,(H,30,31)/t20-,24-/m0/s1. The van der Waals surface area contributed by atoms with E-state index in [-0.39, 0.29) is 12.1 Å². The molecule has 2 N–H and O–H groups in total. The van der Waals surface area contributed by atoms with E-state index in [4.69, 9.17) is 9.47 Å². The third-order valence-electron chi connectivity index (χ3n) is 7.15. The summed E-state index contributed by atoms with van der Waals surface area (Å²) in [6, 6.07) is 11.9. The van der Waals surface area contributed by atoms with Gasteiger partial charge in [0.1, 0.15) is 5.75 Å². The number of H-pyrrole nitrogens is 1. The molecule has 1 aromatic heterocycles. The zero-order chi connectivity index (χ0) is 22.9. The fourth-order valence-corrected chi connectivity index (χ4v) is 5.31. The van der Waals surface area contributed by atoms with Crippen LogP contribution in [0.15, 0.2) is 42.6 Å². The van der Waals surface area contributed by atoms with E-state index in [0.29, 0.717) is 18.1 Å². The number of carboxylic acid groups (broad SMARTS) is 1. The number of hydrogen-bond donors (Lipinski definition) is 2. The Hall–Kier alpha value is -2.83. The fourth-order valence-electron chi connectivity index (χ4n) is 5.31. The molecule has 3 aromatic rings. The second kappa shape index (κ2) is 9.20. The van der Waals surface area contributed by atoms with Gasteiger partial charge in [-0.1, -0.05) is 12.1 Å². The second-order valence-corrected chi connectivity index (χ2v) is 9.20. The number of hydrogen-bond acceptors (Lipinski definition) is 4. The van der Waals surface area contributed by atoms with E-state index in [0.717, 1.165) is 37.2 Å². The smallest absolute Gasteiger partial charge is 0.335 e. The first-order valence-corrected chi connectivity index (χ1v) is 11.9. The summed E-state index contributed by atoms with van der Waals surface area (Å²) in [5.74, 6) is 0.692. The average Bonchev–Trinajstić information content (AvgIpc) is 3.56. The molecule has 2 atom stereocenters. The van der Waals surface area contributed by atoms with Gasteiger partial charge in [-0.2, -0.15) is 0 Å². The van der Waals surface area contributed by atoms with Gasteiger partial charge in [0.25, 0.3) is 0 Å². The van der Waals surface area contributed by atoms with Crippen molar-refractivity contribution >= 4 is 16.9 Å². The molecule has 6 nitrogen and oxygen atoms in total. The lowest BCUT2D eigenvalue weighted by Gasteiger charge is -2.40. The maximum Gasteiger partial charge on any atom is 0.335 e. The molecular formula is C27H32N2O4. The van der Waals surface area contributed by atoms with Crippen LogP contribution in [0.3, 0.4) is 0 Å². The summed E-state index contributed by atoms with van der Waals surface area (Å²) < 4.78 is 11.9. The first-order chi connectivity index (χ1) is 16.1. The number of piperidine rings is 1. The monoisotopic (exact) mass is 448 g/mol. The summed E-state index contributed by atoms with van der Waals surface area (Å²) in [5, 5.41) is 10.5. The van der Waals surface area contributed by atoms with Crippen LogP contribution in [0, 0.1) is 0 Å². The molecule has 2 fully saturated rings. The predicted molar refractivity (Wildman–Crippen MR) is 128 cm³/mol. The van der Waals surface area contributed by atoms with Crippen molar-refractivity contribution in [1.82, 2.24) is 9.88 Å². The number of carboxylic acids is 1. The highest BCUT2D eigenvalue weighted by atomic mass is 16.5. The van der Waals surface area contributed by atoms with Crippen molar-refractivity contribution in [3.63, 3.8) is 0 Å². The van der Waals surface area contributed by atoms with E-state index in [1.165, 1.54) is 34.9 Å². The van der Waals surface area contributed by atoms with Gasteiger partial charge in [0.2, 0.25) is 0 Å². The van der Waals surface area contributed by atoms with Crippen LogP contribution < -0.4 is 4.74 Å². The molecule has 0 radical (unpaired) electrons. The van der Waals surface area contributed by atoms with Crippen LogP contribution in [0.1, 0.15) is 71.6 Å². The van der Waals surface area contributed by atoms with Crippen molar-refractivity contribution in [2.45, 2.75) is 57.2 Å². The number of benzene rings is 2. The topological polar surface area (TPSA) is 74.8 Å². The van der Waals surface area contributed by atoms with Crippen molar-refractivity contribution in [1.29, 1.82) is 0 Å². The van der Waals surface area contributed by atoms with Gasteiger partial charge in [-0.25, -0.2) is 4.79 Å². The van der Waals surface area contributed by atoms with Gasteiger partial charge in [-0.3, -0.25) is 4.90 Å². The van der Waals surface area contributed by atoms with Crippen molar-refractivity contribution in [3.05, 3.63) is 64.8 Å². The minimum absolute atomic E-state index is 0.153. The number of carbonyl (C=O) groups is 1. The molecule has 33 heavy (non-hydrogen) atoms. The predicted octanol–water partition coefficient (Wildman–Crippen LogP) is 5.49. The number of rotatable bonds is 8. The molecule has 1 saturated carbocycles. The zero-order valence-electron chi connectivity index (χ0n) is 19.3. The summed E-state index contributed by atoms with van der Waals surface area (Å²) in [6.07, 6.45) is 6.60. The lowest BCUT2D eigenvalue weighted by Crippen LogP contribution is -2.39. The second-order valence-electron chi connectivity index (χ2n) is 9.20. The largest absolute Gasteiger partial charge is 0.496 e. The van der Waals surface area contributed by atoms with Crippen LogP contribution in [0.4, 0.5) is 0 Å². The average molecular weight is 449 g/mol. The van der Waals surface area contributed by atoms with Crippen LogP contribution in [0.25, 0.3) is 10.9 Å². The van der Waals surface area contributed by atoms with Gasteiger partial charge in [0, 0.05) is 48.4 Å². The first kappa shape index (κ1) is 22.0. The van der Waals surface area contributed by atoms with Crippen LogP contribution in [-0.2, 0) is 11.3 Å². The van der Waals surface area contributed by atoms with E-state index in [9.17, 15) is 9.90 Å². The number of nitrogens with one attached hydrogen (secondary N) is 1. The highest BCUT2D eigenvalue weighted by molar-refractivity contribution is 5.89. The van der Waals surface area contributed by atoms with Gasteiger partial charge in [0.15, 0.2) is 0 Å². The molecule has 2 aromatic carbocycles. The third-order valence-corrected chi connectivity index (χ3v) is 7.15. The Labute approximate surface area is 194 Å². The minimum atomic E-state index is -0.899. The molecule has 6 heteroatoms. The molecule has 0 amide bonds. The lowest BCUT2D eigenvalue weighted by atomic mass is 9.91. The lowest BCUT2D eigenvalue weighted by molar-refractivity contribution is -0.0138. The summed E-state index contributed by atoms with van der Waals surface area (Å²) in [6.45, 7) is 4.43. The number of aromatic nitrogens is 1. The molecule has 2 heterocycles. The van der Waals surface area contributed by atoms with Crippen molar-refractivity contribution in [2.24, 2.45) is 0 Å². The molecule has 0 unspecified atom stereocenters. The number of nitrogens with zero attached hydrogens (tertiary/aromatic N) is 1. The molecule has 0 spiro atoms. The van der Waals surface area contributed by atoms with Gasteiger partial charge >= 0.3 is 5.97 Å². The van der Waals surface area contributed by atoms with Crippen molar-refractivity contribution in [3.8, 4) is 5.75 Å². The normalized spacial score (nSPS) is 21.4. The van der Waals surface area contributed by atoms with Gasteiger partial charge in [-0.15, -0.1) is 0 Å². The number of fused-ring (bicyclic) bond motifs is 1. The Morgan fingerprint density at radius 2 is 1.97 bits per heavy atom. The number of likely N-dealkylation sites (tertiary alicyclic amines) is 1. The van der Waals surface area contributed by atoms with Crippen LogP contribution >= 0.6 is 0 Å². The molecular weight excluding hydrogens is 416 g/mol. The zero-order valence-corrected chi connectivity index (χ0v) is 19.3. The van der Waals surface area contributed by atoms with Gasteiger partial charge < -0.3 is 19.6 Å². The van der Waals surface area contributed by atoms with Gasteiger partial charge in [0.05, 0.1) is 18.8 Å². The Bertz CT molecular complexity index is 1130. The number of aromatic amines is 1. The van der Waals surface area contributed by atoms with E-state index in [2.05, 4.69) is 22.0 Å². The Kier molecular flexibility index (Phi) is 6.13. The molecule has 1 saturated heterocycles. The highest BCUT2D eigenvalue weighted by Crippen LogP contribution is 2.46. The maximum atomic E-state index is 11.3. The number of aromatic carboxylic acids is 1. The Morgan fingerprint density at radius 3 is 2.64 bits per heavy atom. The molecule has 174 valence electrons. The summed E-state index contributed by atoms with van der Waals surface area (Å²) >= 11 is 0. The Balaban J connectivity index is 1.49. The van der Waals surface area contributed by atoms with Crippen LogP contribution in [-0.4, -0.2) is 47.3 Å². The minimum Gasteiger partial charge on any atom is -0.496 e. The van der Waals surface area contributed by atoms with E-state index >= 15 is 0 Å². The quantitative estimate of drug-likeness (QED) is 0.476. The maximum absolute atomic E-state index is 11.3. The van der Waals surface area contributed by atoms with E-state index in [1.54, 1.807) is 19.2 Å². The first-order valence-electron chi connectivity index (χ1n) is 11.9. The molecule has 1 aliphatic carbocycles. The molecule has 2 aliphatic rings. The van der Waals surface area contributed by atoms with Crippen LogP contribution in [0.2, 0.25) is 0 Å². The summed E-state index contributed by atoms with van der Waals surface area (Å²) in [4.78, 5) is 17.3. The van der Waals surface area contributed by atoms with Crippen molar-refractivity contribution < 1.29 is 19.4 Å². The summed E-state index contributed by atoms with van der Waals surface area (Å²) in [7, 11) is 1.76. The van der Waals surface area contributed by atoms with E-state index in [1.807, 2.05) is 25.3 Å². The van der Waals surface area contributed by atoms with Gasteiger partial charge in [-0.05, 0) is 73.9 Å². The summed E-state index contributed by atoms with van der Waals surface area (Å²) in [5.41, 5.74) is 5.25. The third kappa shape index (κ3) is 4.37. The number of methoxy groups -OCH3 is 1. The number of ether oxygens (including phenoxy) is 2. The SMILES string of the molecule is CCO[C@H]1CCN(Cc2c(OC)cc(C3CC3)c3[nH]ccc23)[C@H](c2ccc(C(=O)O)cc2)C1. The molecule has 0 bridgehead atoms.